The molecule has 5 heteroatoms. The van der Waals surface area contributed by atoms with Crippen molar-refractivity contribution in [3.05, 3.63) is 95.3 Å². The molecule has 0 radical (unpaired) electrons. The Balaban J connectivity index is 1.68. The lowest BCUT2D eigenvalue weighted by molar-refractivity contribution is 0.0998. The third-order valence-electron chi connectivity index (χ3n) is 6.04. The summed E-state index contributed by atoms with van der Waals surface area (Å²) in [6.45, 7) is 6.18. The predicted octanol–water partition coefficient (Wildman–Crippen LogP) is 5.41. The number of nitrogens with zero attached hydrogens (tertiary/aromatic N) is 2. The Hall–Kier alpha value is -3.44. The van der Waals surface area contributed by atoms with E-state index in [1.54, 1.807) is 6.07 Å². The van der Waals surface area contributed by atoms with Gasteiger partial charge in [0.1, 0.15) is 11.5 Å². The Morgan fingerprint density at radius 1 is 1.06 bits per heavy atom. The zero-order chi connectivity index (χ0) is 22.5. The molecule has 32 heavy (non-hydrogen) atoms. The van der Waals surface area contributed by atoms with Gasteiger partial charge in [0.25, 0.3) is 5.91 Å². The Morgan fingerprint density at radius 3 is 2.56 bits per heavy atom. The number of hydrogen-bond acceptors (Lipinski definition) is 4. The van der Waals surface area contributed by atoms with E-state index in [0.29, 0.717) is 17.4 Å². The predicted molar refractivity (Wildman–Crippen MR) is 128 cm³/mol. The van der Waals surface area contributed by atoms with Crippen molar-refractivity contribution in [1.29, 1.82) is 0 Å². The van der Waals surface area contributed by atoms with Gasteiger partial charge in [0, 0.05) is 29.9 Å². The summed E-state index contributed by atoms with van der Waals surface area (Å²) in [4.78, 5) is 19.0. The van der Waals surface area contributed by atoms with Gasteiger partial charge in [-0.25, -0.2) is 0 Å². The molecule has 1 aliphatic heterocycles. The lowest BCUT2D eigenvalue weighted by Gasteiger charge is -2.30. The number of amides is 1. The minimum Gasteiger partial charge on any atom is -0.455 e. The van der Waals surface area contributed by atoms with E-state index in [0.717, 1.165) is 54.1 Å². The van der Waals surface area contributed by atoms with E-state index in [4.69, 9.17) is 10.5 Å². The molecule has 1 aliphatic rings. The molecule has 4 rings (SSSR count). The lowest BCUT2D eigenvalue weighted by atomic mass is 9.90. The van der Waals surface area contributed by atoms with Gasteiger partial charge in [-0.15, -0.1) is 0 Å². The minimum absolute atomic E-state index is 0.368. The number of para-hydroxylation sites is 2. The van der Waals surface area contributed by atoms with Gasteiger partial charge in [0.2, 0.25) is 0 Å². The van der Waals surface area contributed by atoms with Gasteiger partial charge in [-0.3, -0.25) is 14.7 Å². The Kier molecular flexibility index (Phi) is 6.66. The number of benzene rings is 2. The number of pyridine rings is 1. The number of ether oxygens (including phenoxy) is 1. The van der Waals surface area contributed by atoms with Crippen molar-refractivity contribution in [3.8, 4) is 11.5 Å². The standard InChI is InChI=1S/C27H29N3O2/c1-3-20(30(4-2)18-19-10-7-8-17-29-19)15-16-21-22-11-5-6-14-25(22)32-26-23(21)12-9-13-24(26)27(28)31/h5-14,16-17,20H,3-4,15,18H2,1-2H3,(H2,28,31)/b21-16+. The molecule has 1 aromatic heterocycles. The first-order valence-corrected chi connectivity index (χ1v) is 11.2. The molecule has 1 atom stereocenters. The summed E-state index contributed by atoms with van der Waals surface area (Å²) in [5, 5.41) is 0. The van der Waals surface area contributed by atoms with Crippen LogP contribution in [-0.4, -0.2) is 28.4 Å². The van der Waals surface area contributed by atoms with E-state index in [-0.39, 0.29) is 0 Å². The molecule has 164 valence electrons. The summed E-state index contributed by atoms with van der Waals surface area (Å²) in [5.41, 5.74) is 10.1. The van der Waals surface area contributed by atoms with Gasteiger partial charge < -0.3 is 10.5 Å². The molecule has 2 N–H and O–H groups in total. The number of nitrogens with two attached hydrogens (primary N) is 1. The summed E-state index contributed by atoms with van der Waals surface area (Å²) in [6.07, 6.45) is 6.02. The molecule has 3 aromatic rings. The molecular formula is C27H29N3O2. The summed E-state index contributed by atoms with van der Waals surface area (Å²) >= 11 is 0. The second kappa shape index (κ2) is 9.79. The number of fused-ring (bicyclic) bond motifs is 2. The minimum atomic E-state index is -0.487. The van der Waals surface area contributed by atoms with Crippen LogP contribution in [0.3, 0.4) is 0 Å². The first-order chi connectivity index (χ1) is 15.6. The summed E-state index contributed by atoms with van der Waals surface area (Å²) in [7, 11) is 0. The number of primary amides is 1. The smallest absolute Gasteiger partial charge is 0.252 e. The fraction of sp³-hybridized carbons (Fsp3) is 0.259. The molecule has 0 fully saturated rings. The van der Waals surface area contributed by atoms with Crippen molar-refractivity contribution in [2.24, 2.45) is 5.73 Å². The highest BCUT2D eigenvalue weighted by Crippen LogP contribution is 2.45. The monoisotopic (exact) mass is 427 g/mol. The molecular weight excluding hydrogens is 398 g/mol. The number of rotatable bonds is 8. The molecule has 0 saturated heterocycles. The van der Waals surface area contributed by atoms with E-state index < -0.39 is 5.91 Å². The molecule has 0 saturated carbocycles. The lowest BCUT2D eigenvalue weighted by Crippen LogP contribution is -2.34. The summed E-state index contributed by atoms with van der Waals surface area (Å²) in [5.74, 6) is 0.798. The molecule has 2 aromatic carbocycles. The Morgan fingerprint density at radius 2 is 1.84 bits per heavy atom. The van der Waals surface area contributed by atoms with Crippen LogP contribution in [0.5, 0.6) is 11.5 Å². The molecule has 0 bridgehead atoms. The fourth-order valence-electron chi connectivity index (χ4n) is 4.33. The Bertz CT molecular complexity index is 1120. The van der Waals surface area contributed by atoms with Gasteiger partial charge in [0.05, 0.1) is 11.3 Å². The van der Waals surface area contributed by atoms with Crippen molar-refractivity contribution in [3.63, 3.8) is 0 Å². The number of hydrogen-bond donors (Lipinski definition) is 1. The zero-order valence-corrected chi connectivity index (χ0v) is 18.6. The average molecular weight is 428 g/mol. The Labute approximate surface area is 189 Å². The van der Waals surface area contributed by atoms with Gasteiger partial charge in [-0.2, -0.15) is 0 Å². The molecule has 1 unspecified atom stereocenters. The van der Waals surface area contributed by atoms with Crippen LogP contribution in [-0.2, 0) is 6.54 Å². The van der Waals surface area contributed by atoms with Crippen molar-refractivity contribution in [2.45, 2.75) is 39.3 Å². The third-order valence-corrected chi connectivity index (χ3v) is 6.04. The first-order valence-electron chi connectivity index (χ1n) is 11.2. The highest BCUT2D eigenvalue weighted by Gasteiger charge is 2.26. The van der Waals surface area contributed by atoms with Crippen LogP contribution in [0.2, 0.25) is 0 Å². The SMILES string of the molecule is CCC(C/C=C1\c2ccccc2Oc2c(C(N)=O)cccc21)N(CC)Cc1ccccn1. The average Bonchev–Trinajstić information content (AvgIpc) is 2.83. The molecule has 1 amide bonds. The van der Waals surface area contributed by atoms with Crippen molar-refractivity contribution in [2.75, 3.05) is 6.54 Å². The highest BCUT2D eigenvalue weighted by atomic mass is 16.5. The second-order valence-corrected chi connectivity index (χ2v) is 7.94. The normalized spacial score (nSPS) is 14.5. The van der Waals surface area contributed by atoms with Gasteiger partial charge in [0.15, 0.2) is 0 Å². The topological polar surface area (TPSA) is 68.5 Å². The van der Waals surface area contributed by atoms with Crippen LogP contribution in [0.4, 0.5) is 0 Å². The van der Waals surface area contributed by atoms with Crippen molar-refractivity contribution in [1.82, 2.24) is 9.88 Å². The van der Waals surface area contributed by atoms with Crippen LogP contribution in [0.1, 0.15) is 53.9 Å². The van der Waals surface area contributed by atoms with E-state index in [1.165, 1.54) is 0 Å². The molecule has 0 spiro atoms. The summed E-state index contributed by atoms with van der Waals surface area (Å²) in [6, 6.07) is 19.9. The zero-order valence-electron chi connectivity index (χ0n) is 18.6. The van der Waals surface area contributed by atoms with Crippen LogP contribution >= 0.6 is 0 Å². The first kappa shape index (κ1) is 21.8. The number of carbonyl (C=O) groups excluding carboxylic acids is 1. The quantitative estimate of drug-likeness (QED) is 0.408. The fourth-order valence-corrected chi connectivity index (χ4v) is 4.33. The van der Waals surface area contributed by atoms with E-state index in [2.05, 4.69) is 41.9 Å². The van der Waals surface area contributed by atoms with Crippen molar-refractivity contribution >= 4 is 11.5 Å². The third kappa shape index (κ3) is 4.43. The van der Waals surface area contributed by atoms with E-state index >= 15 is 0 Å². The molecule has 5 nitrogen and oxygen atoms in total. The second-order valence-electron chi connectivity index (χ2n) is 7.94. The summed E-state index contributed by atoms with van der Waals surface area (Å²) < 4.78 is 6.12. The van der Waals surface area contributed by atoms with Gasteiger partial charge >= 0.3 is 0 Å². The molecule has 0 aliphatic carbocycles. The number of aromatic nitrogens is 1. The van der Waals surface area contributed by atoms with E-state index in [9.17, 15) is 4.79 Å². The maximum atomic E-state index is 12.0. The van der Waals surface area contributed by atoms with E-state index in [1.807, 2.05) is 48.7 Å². The maximum absolute atomic E-state index is 12.0. The van der Waals surface area contributed by atoms with Gasteiger partial charge in [-0.1, -0.05) is 56.3 Å². The van der Waals surface area contributed by atoms with Crippen LogP contribution < -0.4 is 10.5 Å². The highest BCUT2D eigenvalue weighted by molar-refractivity contribution is 6.00. The van der Waals surface area contributed by atoms with Crippen LogP contribution in [0.25, 0.3) is 5.57 Å². The van der Waals surface area contributed by atoms with Crippen molar-refractivity contribution < 1.29 is 9.53 Å². The number of carbonyl (C=O) groups is 1. The van der Waals surface area contributed by atoms with Gasteiger partial charge in [-0.05, 0) is 49.2 Å². The van der Waals surface area contributed by atoms with Crippen LogP contribution in [0, 0.1) is 0 Å². The molecule has 2 heterocycles. The maximum Gasteiger partial charge on any atom is 0.252 e. The van der Waals surface area contributed by atoms with Crippen LogP contribution in [0.15, 0.2) is 72.9 Å². The largest absolute Gasteiger partial charge is 0.455 e.